The van der Waals surface area contributed by atoms with Gasteiger partial charge >= 0.3 is 0 Å². The fraction of sp³-hybridized carbons (Fsp3) is 0.297. The Labute approximate surface area is 230 Å². The van der Waals surface area contributed by atoms with Crippen LogP contribution in [0.5, 0.6) is 0 Å². The van der Waals surface area contributed by atoms with Gasteiger partial charge < -0.3 is 0 Å². The Hall–Kier alpha value is -3.38. The first-order chi connectivity index (χ1) is 18.2. The van der Waals surface area contributed by atoms with Crippen LogP contribution in [0.25, 0.3) is 11.1 Å². The molecule has 37 heavy (non-hydrogen) atoms. The molecule has 0 amide bonds. The molecule has 1 aliphatic carbocycles. The first kappa shape index (κ1) is 35.8. The third-order valence-corrected chi connectivity index (χ3v) is 4.97. The molecular weight excluding hydrogens is 444 g/mol. The van der Waals surface area contributed by atoms with Gasteiger partial charge in [0.05, 0.1) is 0 Å². The molecule has 0 heterocycles. The molecule has 2 aromatic rings. The Bertz CT molecular complexity index is 974. The summed E-state index contributed by atoms with van der Waals surface area (Å²) in [5, 5.41) is 0. The predicted octanol–water partition coefficient (Wildman–Crippen LogP) is 12.1. The molecule has 0 spiro atoms. The zero-order chi connectivity index (χ0) is 28.3. The van der Waals surface area contributed by atoms with Crippen LogP contribution in [0, 0.1) is 0 Å². The summed E-state index contributed by atoms with van der Waals surface area (Å²) in [6, 6.07) is 19.2. The molecule has 0 fully saturated rings. The summed E-state index contributed by atoms with van der Waals surface area (Å²) >= 11 is 0. The van der Waals surface area contributed by atoms with E-state index in [0.717, 1.165) is 19.3 Å². The third-order valence-electron chi connectivity index (χ3n) is 4.97. The van der Waals surface area contributed by atoms with Crippen molar-refractivity contribution in [2.45, 2.75) is 74.7 Å². The fourth-order valence-corrected chi connectivity index (χ4v) is 3.34. The Morgan fingerprint density at radius 1 is 0.757 bits per heavy atom. The van der Waals surface area contributed by atoms with Crippen LogP contribution in [-0.4, -0.2) is 0 Å². The quantitative estimate of drug-likeness (QED) is 0.334. The monoisotopic (exact) mass is 496 g/mol. The van der Waals surface area contributed by atoms with E-state index in [4.69, 9.17) is 0 Å². The normalized spacial score (nSPS) is 12.2. The lowest BCUT2D eigenvalue weighted by atomic mass is 9.98. The van der Waals surface area contributed by atoms with Crippen LogP contribution in [0.4, 0.5) is 0 Å². The van der Waals surface area contributed by atoms with E-state index in [9.17, 15) is 0 Å². The molecule has 3 rings (SSSR count). The highest BCUT2D eigenvalue weighted by Gasteiger charge is 2.00. The van der Waals surface area contributed by atoms with Gasteiger partial charge in [-0.05, 0) is 60.9 Å². The van der Waals surface area contributed by atoms with Crippen molar-refractivity contribution in [2.75, 3.05) is 0 Å². The van der Waals surface area contributed by atoms with E-state index in [0.29, 0.717) is 0 Å². The minimum Gasteiger partial charge on any atom is -0.0991 e. The van der Waals surface area contributed by atoms with E-state index < -0.39 is 0 Å². The van der Waals surface area contributed by atoms with Gasteiger partial charge in [-0.1, -0.05) is 170 Å². The van der Waals surface area contributed by atoms with E-state index in [1.165, 1.54) is 33.4 Å². The molecule has 0 aromatic heterocycles. The average Bonchev–Trinajstić information content (AvgIpc) is 2.98. The van der Waals surface area contributed by atoms with Gasteiger partial charge in [0, 0.05) is 0 Å². The first-order valence-electron chi connectivity index (χ1n) is 13.9. The van der Waals surface area contributed by atoms with Crippen LogP contribution in [0.1, 0.15) is 73.8 Å². The van der Waals surface area contributed by atoms with E-state index in [-0.39, 0.29) is 0 Å². The highest BCUT2D eigenvalue weighted by atomic mass is 14.1. The van der Waals surface area contributed by atoms with Gasteiger partial charge in [0.25, 0.3) is 0 Å². The topological polar surface area (TPSA) is 0 Å². The lowest BCUT2D eigenvalue weighted by Crippen LogP contribution is -1.88. The summed E-state index contributed by atoms with van der Waals surface area (Å²) in [5.74, 6) is 0. The standard InChI is InChI=1S/C20H20.C11H14.3C2H6/c1-3-8-17(2)9-7-10-18-13-15-20(16-14-18)19-11-5-4-6-12-19;1-3-7-11-9-6-5-8-10(11)4-2;3*1-2/h3-9,11-16H,1,10H2,2H3;3-4,7-9H,2,5-6H2,1H3;3*1-2H3/b9-7-,17-8-;7-3-;;;. The third kappa shape index (κ3) is 16.1. The second kappa shape index (κ2) is 25.7. The van der Waals surface area contributed by atoms with Crippen molar-refractivity contribution in [3.8, 4) is 11.1 Å². The molecule has 2 aromatic carbocycles. The number of hydrogen-bond donors (Lipinski definition) is 0. The molecule has 0 saturated heterocycles. The fourth-order valence-electron chi connectivity index (χ4n) is 3.34. The molecule has 0 nitrogen and oxygen atoms in total. The number of hydrogen-bond acceptors (Lipinski definition) is 0. The van der Waals surface area contributed by atoms with Crippen LogP contribution in [0.15, 0.2) is 139 Å². The van der Waals surface area contributed by atoms with Crippen LogP contribution in [-0.2, 0) is 6.42 Å². The maximum atomic E-state index is 3.77. The molecule has 0 bridgehead atoms. The molecule has 0 unspecified atom stereocenters. The minimum absolute atomic E-state index is 0.956. The van der Waals surface area contributed by atoms with Gasteiger partial charge in [-0.15, -0.1) is 0 Å². The highest BCUT2D eigenvalue weighted by molar-refractivity contribution is 5.63. The second-order valence-electron chi connectivity index (χ2n) is 7.42. The van der Waals surface area contributed by atoms with Crippen LogP contribution in [0.2, 0.25) is 0 Å². The van der Waals surface area contributed by atoms with Crippen molar-refractivity contribution in [3.63, 3.8) is 0 Å². The molecule has 0 radical (unpaired) electrons. The van der Waals surface area contributed by atoms with Crippen LogP contribution in [0.3, 0.4) is 0 Å². The molecule has 0 atom stereocenters. The Morgan fingerprint density at radius 3 is 1.81 bits per heavy atom. The lowest BCUT2D eigenvalue weighted by molar-refractivity contribution is 1.01. The van der Waals surface area contributed by atoms with Crippen molar-refractivity contribution < 1.29 is 0 Å². The van der Waals surface area contributed by atoms with Crippen molar-refractivity contribution >= 4 is 0 Å². The maximum Gasteiger partial charge on any atom is -0.00942 e. The van der Waals surface area contributed by atoms with Crippen LogP contribution >= 0.6 is 0 Å². The first-order valence-corrected chi connectivity index (χ1v) is 13.9. The van der Waals surface area contributed by atoms with Crippen molar-refractivity contribution in [3.05, 3.63) is 145 Å². The highest BCUT2D eigenvalue weighted by Crippen LogP contribution is 2.20. The van der Waals surface area contributed by atoms with E-state index in [2.05, 4.69) is 105 Å². The molecular formula is C37H52. The lowest BCUT2D eigenvalue weighted by Gasteiger charge is -2.08. The molecule has 0 heteroatoms. The minimum atomic E-state index is 0.956. The van der Waals surface area contributed by atoms with E-state index >= 15 is 0 Å². The van der Waals surface area contributed by atoms with Gasteiger partial charge in [0.1, 0.15) is 0 Å². The molecule has 0 saturated carbocycles. The SMILES string of the molecule is C=C/C=C(C)\C=C/Cc1ccc(-c2ccccc2)cc1.C=CC1=CCCC=C1/C=C\C.CC.CC.CC. The number of rotatable bonds is 7. The van der Waals surface area contributed by atoms with Crippen molar-refractivity contribution in [1.82, 2.24) is 0 Å². The molecule has 0 aliphatic heterocycles. The molecule has 1 aliphatic rings. The summed E-state index contributed by atoms with van der Waals surface area (Å²) in [6.45, 7) is 23.6. The maximum absolute atomic E-state index is 3.77. The van der Waals surface area contributed by atoms with Gasteiger partial charge in [-0.2, -0.15) is 0 Å². The predicted molar refractivity (Wildman–Crippen MR) is 173 cm³/mol. The second-order valence-corrected chi connectivity index (χ2v) is 7.42. The number of allylic oxidation sites excluding steroid dienone is 12. The molecule has 0 N–H and O–H groups in total. The van der Waals surface area contributed by atoms with Crippen molar-refractivity contribution in [2.24, 2.45) is 0 Å². The van der Waals surface area contributed by atoms with Crippen molar-refractivity contribution in [1.29, 1.82) is 0 Å². The Balaban J connectivity index is 0. The zero-order valence-corrected chi connectivity index (χ0v) is 24.9. The summed E-state index contributed by atoms with van der Waals surface area (Å²) in [5.41, 5.74) is 7.66. The Morgan fingerprint density at radius 2 is 1.30 bits per heavy atom. The number of benzene rings is 2. The van der Waals surface area contributed by atoms with Gasteiger partial charge in [0.2, 0.25) is 0 Å². The average molecular weight is 497 g/mol. The Kier molecular flexibility index (Phi) is 24.9. The van der Waals surface area contributed by atoms with E-state index in [1.54, 1.807) is 0 Å². The smallest absolute Gasteiger partial charge is 0.00942 e. The summed E-state index contributed by atoms with van der Waals surface area (Å²) in [6.07, 6.45) is 22.0. The van der Waals surface area contributed by atoms with E-state index in [1.807, 2.05) is 72.8 Å². The summed E-state index contributed by atoms with van der Waals surface area (Å²) in [7, 11) is 0. The molecule has 200 valence electrons. The summed E-state index contributed by atoms with van der Waals surface area (Å²) < 4.78 is 0. The van der Waals surface area contributed by atoms with Gasteiger partial charge in [-0.3, -0.25) is 0 Å². The largest absolute Gasteiger partial charge is 0.0991 e. The summed E-state index contributed by atoms with van der Waals surface area (Å²) in [4.78, 5) is 0. The van der Waals surface area contributed by atoms with Crippen LogP contribution < -0.4 is 0 Å². The zero-order valence-electron chi connectivity index (χ0n) is 24.9. The van der Waals surface area contributed by atoms with Gasteiger partial charge in [0.15, 0.2) is 0 Å². The van der Waals surface area contributed by atoms with Gasteiger partial charge in [-0.25, -0.2) is 0 Å².